The van der Waals surface area contributed by atoms with Crippen LogP contribution in [0.25, 0.3) is 0 Å². The molecule has 1 saturated carbocycles. The van der Waals surface area contributed by atoms with Crippen LogP contribution >= 0.6 is 11.6 Å². The summed E-state index contributed by atoms with van der Waals surface area (Å²) in [6, 6.07) is 4.57. The van der Waals surface area contributed by atoms with E-state index in [9.17, 15) is 24.0 Å². The number of benzene rings is 1. The van der Waals surface area contributed by atoms with E-state index in [2.05, 4.69) is 22.0 Å². The largest absolute Gasteiger partial charge is 0.444 e. The van der Waals surface area contributed by atoms with Crippen LogP contribution in [0.3, 0.4) is 0 Å². The molecule has 326 valence electrons. The zero-order valence-corrected chi connectivity index (χ0v) is 35.8. The monoisotopic (exact) mass is 835 g/mol. The smallest absolute Gasteiger partial charge is 0.410 e. The lowest BCUT2D eigenvalue weighted by Gasteiger charge is -2.36. The topological polar surface area (TPSA) is 174 Å². The van der Waals surface area contributed by atoms with Gasteiger partial charge in [-0.05, 0) is 83.3 Å². The zero-order valence-electron chi connectivity index (χ0n) is 35.1. The van der Waals surface area contributed by atoms with Crippen molar-refractivity contribution in [2.75, 3.05) is 72.3 Å². The Hall–Kier alpha value is -3.50. The molecule has 0 spiro atoms. The van der Waals surface area contributed by atoms with Crippen LogP contribution in [0.5, 0.6) is 0 Å². The van der Waals surface area contributed by atoms with Gasteiger partial charge >= 0.3 is 6.09 Å². The van der Waals surface area contributed by atoms with E-state index in [1.807, 2.05) is 18.2 Å². The van der Waals surface area contributed by atoms with Gasteiger partial charge in [-0.25, -0.2) is 4.79 Å². The summed E-state index contributed by atoms with van der Waals surface area (Å²) in [5.41, 5.74) is 1.51. The van der Waals surface area contributed by atoms with E-state index >= 15 is 0 Å². The number of carbonyl (C=O) groups excluding carboxylic acids is 5. The molecule has 4 rings (SSSR count). The molecule has 0 unspecified atom stereocenters. The van der Waals surface area contributed by atoms with E-state index in [-0.39, 0.29) is 62.5 Å². The van der Waals surface area contributed by atoms with Gasteiger partial charge in [0.1, 0.15) is 30.3 Å². The SMILES string of the molecule is C[C@@H](C(=O)N[C@H](C(=O)N1C[C@@H](NC(=O)COCCOCCOCCOCCCl)C[C@H]1C(=O)N[C@@H]1CCCc2ccccc21)C1CCCCC1)N(C)C(=O)OC(C)(C)C. The van der Waals surface area contributed by atoms with Crippen molar-refractivity contribution in [2.24, 2.45) is 5.92 Å². The van der Waals surface area contributed by atoms with Crippen molar-refractivity contribution in [1.29, 1.82) is 0 Å². The first-order chi connectivity index (χ1) is 27.8. The summed E-state index contributed by atoms with van der Waals surface area (Å²) < 4.78 is 27.2. The number of likely N-dealkylation sites (tertiary alicyclic amines) is 1. The van der Waals surface area contributed by atoms with E-state index < -0.39 is 41.8 Å². The Bertz CT molecular complexity index is 1490. The first-order valence-corrected chi connectivity index (χ1v) is 21.4. The molecule has 2 aliphatic carbocycles. The summed E-state index contributed by atoms with van der Waals surface area (Å²) in [6.45, 7) is 9.32. The second-order valence-corrected chi connectivity index (χ2v) is 16.8. The average Bonchev–Trinajstić information content (AvgIpc) is 3.63. The molecule has 0 aromatic heterocycles. The maximum atomic E-state index is 14.8. The van der Waals surface area contributed by atoms with Crippen molar-refractivity contribution in [3.8, 4) is 0 Å². The standard InChI is InChI=1S/C42H66ClN5O10/c1-29(47(5)41(53)58-42(2,3)4)38(50)46-37(31-13-7-6-8-14-31)40(52)48-27-32(44-36(49)28-57-25-24-56-23-22-55-21-20-54-19-18-43)26-35(48)39(51)45-34-17-11-15-30-12-9-10-16-33(30)34/h9-10,12,16,29,31-32,34-35,37H,6-8,11,13-15,17-28H2,1-5H3,(H,44,49)(H,45,51)(H,46,50)/t29-,32-,34+,35-,37-/m0/s1. The van der Waals surface area contributed by atoms with Crippen LogP contribution in [0, 0.1) is 5.92 Å². The van der Waals surface area contributed by atoms with E-state index in [0.717, 1.165) is 56.9 Å². The molecule has 58 heavy (non-hydrogen) atoms. The summed E-state index contributed by atoms with van der Waals surface area (Å²) in [6.07, 6.45) is 6.47. The lowest BCUT2D eigenvalue weighted by Crippen LogP contribution is -2.59. The highest BCUT2D eigenvalue weighted by atomic mass is 35.5. The first kappa shape index (κ1) is 47.2. The molecular weight excluding hydrogens is 770 g/mol. The van der Waals surface area contributed by atoms with Gasteiger partial charge < -0.3 is 44.5 Å². The molecular formula is C42H66ClN5O10. The number of rotatable bonds is 21. The maximum Gasteiger partial charge on any atom is 0.410 e. The minimum Gasteiger partial charge on any atom is -0.444 e. The lowest BCUT2D eigenvalue weighted by atomic mass is 9.83. The number of halogens is 1. The van der Waals surface area contributed by atoms with E-state index in [0.29, 0.717) is 38.9 Å². The molecule has 15 nitrogen and oxygen atoms in total. The van der Waals surface area contributed by atoms with Crippen molar-refractivity contribution in [1.82, 2.24) is 25.8 Å². The van der Waals surface area contributed by atoms with Gasteiger partial charge in [-0.3, -0.25) is 24.1 Å². The van der Waals surface area contributed by atoms with Gasteiger partial charge in [0.05, 0.1) is 52.3 Å². The van der Waals surface area contributed by atoms with Crippen LogP contribution in [0.2, 0.25) is 0 Å². The summed E-state index contributed by atoms with van der Waals surface area (Å²) >= 11 is 5.57. The number of nitrogens with one attached hydrogen (secondary N) is 3. The number of hydrogen-bond donors (Lipinski definition) is 3. The summed E-state index contributed by atoms with van der Waals surface area (Å²) in [5, 5.41) is 9.18. The van der Waals surface area contributed by atoms with Gasteiger partial charge in [0.25, 0.3) is 0 Å². The molecule has 2 fully saturated rings. The minimum absolute atomic E-state index is 0.0798. The van der Waals surface area contributed by atoms with Crippen molar-refractivity contribution < 1.29 is 47.7 Å². The predicted octanol–water partition coefficient (Wildman–Crippen LogP) is 3.89. The van der Waals surface area contributed by atoms with Gasteiger partial charge in [-0.2, -0.15) is 0 Å². The number of fused-ring (bicyclic) bond motifs is 1. The summed E-state index contributed by atoms with van der Waals surface area (Å²) in [7, 11) is 1.49. The average molecular weight is 836 g/mol. The Morgan fingerprint density at radius 3 is 2.16 bits per heavy atom. The fraction of sp³-hybridized carbons (Fsp3) is 0.738. The third-order valence-electron chi connectivity index (χ3n) is 10.8. The van der Waals surface area contributed by atoms with Crippen molar-refractivity contribution in [2.45, 2.75) is 121 Å². The number of alkyl halides is 1. The maximum absolute atomic E-state index is 14.8. The molecule has 3 N–H and O–H groups in total. The molecule has 5 amide bonds. The molecule has 1 saturated heterocycles. The molecule has 5 atom stereocenters. The molecule has 16 heteroatoms. The lowest BCUT2D eigenvalue weighted by molar-refractivity contribution is -0.143. The van der Waals surface area contributed by atoms with Crippen LogP contribution in [-0.4, -0.2) is 142 Å². The molecule has 3 aliphatic rings. The number of aryl methyl sites for hydroxylation is 1. The Balaban J connectivity index is 1.42. The summed E-state index contributed by atoms with van der Waals surface area (Å²) in [4.78, 5) is 71.5. The normalized spacial score (nSPS) is 20.7. The number of nitrogens with zero attached hydrogens (tertiary/aromatic N) is 2. The van der Waals surface area contributed by atoms with E-state index in [1.54, 1.807) is 27.7 Å². The Morgan fingerprint density at radius 2 is 1.50 bits per heavy atom. The van der Waals surface area contributed by atoms with Crippen molar-refractivity contribution >= 4 is 41.3 Å². The second kappa shape index (κ2) is 23.9. The van der Waals surface area contributed by atoms with Crippen LogP contribution in [0.4, 0.5) is 4.79 Å². The Labute approximate surface area is 348 Å². The number of ether oxygens (including phenoxy) is 5. The number of amides is 5. The van der Waals surface area contributed by atoms with E-state index in [1.165, 1.54) is 22.4 Å². The van der Waals surface area contributed by atoms with Crippen LogP contribution in [0.1, 0.15) is 96.2 Å². The third kappa shape index (κ3) is 15.0. The zero-order chi connectivity index (χ0) is 42.1. The number of likely N-dealkylation sites (N-methyl/N-ethyl adjacent to an activating group) is 1. The van der Waals surface area contributed by atoms with Crippen molar-refractivity contribution in [3.05, 3.63) is 35.4 Å². The molecule has 1 heterocycles. The Kier molecular flexibility index (Phi) is 19.5. The highest BCUT2D eigenvalue weighted by Gasteiger charge is 2.45. The quantitative estimate of drug-likeness (QED) is 0.122. The minimum atomic E-state index is -0.935. The number of hydrogen-bond acceptors (Lipinski definition) is 10. The van der Waals surface area contributed by atoms with Gasteiger partial charge in [-0.1, -0.05) is 43.5 Å². The molecule has 1 aromatic rings. The summed E-state index contributed by atoms with van der Waals surface area (Å²) in [5.74, 6) is -1.29. The van der Waals surface area contributed by atoms with Gasteiger partial charge in [0, 0.05) is 25.5 Å². The molecule has 1 aromatic carbocycles. The van der Waals surface area contributed by atoms with Gasteiger partial charge in [0.2, 0.25) is 23.6 Å². The fourth-order valence-corrected chi connectivity index (χ4v) is 7.83. The molecule has 0 bridgehead atoms. The predicted molar refractivity (Wildman–Crippen MR) is 218 cm³/mol. The molecule has 1 aliphatic heterocycles. The number of carbonyl (C=O) groups is 5. The second-order valence-electron chi connectivity index (χ2n) is 16.4. The van der Waals surface area contributed by atoms with Crippen LogP contribution < -0.4 is 16.0 Å². The third-order valence-corrected chi connectivity index (χ3v) is 11.0. The highest BCUT2D eigenvalue weighted by Crippen LogP contribution is 2.32. The van der Waals surface area contributed by atoms with Crippen LogP contribution in [0.15, 0.2) is 24.3 Å². The highest BCUT2D eigenvalue weighted by molar-refractivity contribution is 6.17. The van der Waals surface area contributed by atoms with Crippen LogP contribution in [-0.2, 0) is 49.3 Å². The van der Waals surface area contributed by atoms with Crippen molar-refractivity contribution in [3.63, 3.8) is 0 Å². The van der Waals surface area contributed by atoms with Gasteiger partial charge in [0.15, 0.2) is 0 Å². The molecule has 0 radical (unpaired) electrons. The first-order valence-electron chi connectivity index (χ1n) is 20.9. The van der Waals surface area contributed by atoms with Gasteiger partial charge in [-0.15, -0.1) is 11.6 Å². The van der Waals surface area contributed by atoms with E-state index in [4.69, 9.17) is 35.3 Å². The fourth-order valence-electron chi connectivity index (χ4n) is 7.72. The Morgan fingerprint density at radius 1 is 0.862 bits per heavy atom.